The van der Waals surface area contributed by atoms with Crippen molar-refractivity contribution in [2.45, 2.75) is 6.54 Å². The molecular weight excluding hydrogens is 360 g/mol. The number of esters is 1. The first kappa shape index (κ1) is 19.8. The van der Waals surface area contributed by atoms with Gasteiger partial charge < -0.3 is 20.7 Å². The molecule has 27 heavy (non-hydrogen) atoms. The van der Waals surface area contributed by atoms with Crippen LogP contribution in [0.1, 0.15) is 5.56 Å². The Balaban J connectivity index is 1.65. The van der Waals surface area contributed by atoms with Gasteiger partial charge in [0.25, 0.3) is 5.91 Å². The zero-order valence-electron chi connectivity index (χ0n) is 14.1. The SMILES string of the molecule is O=C(COC(=O)CNC(=O)NCc1ccccc1)Nc1cc(F)ccc1F. The predicted octanol–water partition coefficient (Wildman–Crippen LogP) is 1.95. The van der Waals surface area contributed by atoms with Crippen molar-refractivity contribution in [3.8, 4) is 0 Å². The summed E-state index contributed by atoms with van der Waals surface area (Å²) in [6.07, 6.45) is 0. The lowest BCUT2D eigenvalue weighted by molar-refractivity contribution is -0.146. The van der Waals surface area contributed by atoms with Crippen LogP contribution >= 0.6 is 0 Å². The molecule has 0 aliphatic heterocycles. The van der Waals surface area contributed by atoms with E-state index in [-0.39, 0.29) is 12.2 Å². The van der Waals surface area contributed by atoms with E-state index in [0.717, 1.165) is 23.8 Å². The van der Waals surface area contributed by atoms with E-state index < -0.39 is 42.7 Å². The summed E-state index contributed by atoms with van der Waals surface area (Å²) in [5.74, 6) is -3.26. The highest BCUT2D eigenvalue weighted by molar-refractivity contribution is 5.93. The van der Waals surface area contributed by atoms with Crippen LogP contribution in [0.5, 0.6) is 0 Å². The van der Waals surface area contributed by atoms with E-state index >= 15 is 0 Å². The molecule has 0 unspecified atom stereocenters. The van der Waals surface area contributed by atoms with Crippen LogP contribution < -0.4 is 16.0 Å². The number of anilines is 1. The Morgan fingerprint density at radius 2 is 1.70 bits per heavy atom. The van der Waals surface area contributed by atoms with E-state index in [1.54, 1.807) is 0 Å². The Kier molecular flexibility index (Phi) is 7.24. The second-order valence-electron chi connectivity index (χ2n) is 5.35. The molecule has 0 saturated heterocycles. The molecule has 3 N–H and O–H groups in total. The lowest BCUT2D eigenvalue weighted by Gasteiger charge is -2.09. The number of benzene rings is 2. The molecule has 0 aliphatic carbocycles. The van der Waals surface area contributed by atoms with Crippen molar-refractivity contribution in [2.75, 3.05) is 18.5 Å². The van der Waals surface area contributed by atoms with E-state index in [2.05, 4.69) is 20.7 Å². The van der Waals surface area contributed by atoms with Gasteiger partial charge in [-0.3, -0.25) is 9.59 Å². The maximum Gasteiger partial charge on any atom is 0.325 e. The second kappa shape index (κ2) is 9.85. The minimum absolute atomic E-state index is 0.281. The van der Waals surface area contributed by atoms with E-state index in [1.165, 1.54) is 0 Å². The summed E-state index contributed by atoms with van der Waals surface area (Å²) in [6, 6.07) is 11.1. The number of ether oxygens (including phenoxy) is 1. The third-order valence-electron chi connectivity index (χ3n) is 3.26. The molecule has 0 aromatic heterocycles. The minimum atomic E-state index is -0.861. The van der Waals surface area contributed by atoms with Crippen molar-refractivity contribution in [1.29, 1.82) is 0 Å². The van der Waals surface area contributed by atoms with E-state index in [4.69, 9.17) is 0 Å². The topological polar surface area (TPSA) is 96.5 Å². The van der Waals surface area contributed by atoms with Crippen LogP contribution in [0.2, 0.25) is 0 Å². The lowest BCUT2D eigenvalue weighted by atomic mass is 10.2. The maximum absolute atomic E-state index is 13.4. The average molecular weight is 377 g/mol. The van der Waals surface area contributed by atoms with Crippen LogP contribution in [-0.4, -0.2) is 31.1 Å². The van der Waals surface area contributed by atoms with E-state index in [1.807, 2.05) is 30.3 Å². The molecule has 0 atom stereocenters. The fourth-order valence-corrected chi connectivity index (χ4v) is 1.97. The molecule has 0 saturated carbocycles. The lowest BCUT2D eigenvalue weighted by Crippen LogP contribution is -2.39. The van der Waals surface area contributed by atoms with Crippen LogP contribution in [0.15, 0.2) is 48.5 Å². The molecule has 0 aliphatic rings. The van der Waals surface area contributed by atoms with Crippen molar-refractivity contribution < 1.29 is 27.9 Å². The summed E-state index contributed by atoms with van der Waals surface area (Å²) >= 11 is 0. The third-order valence-corrected chi connectivity index (χ3v) is 3.26. The van der Waals surface area contributed by atoms with Gasteiger partial charge in [0.05, 0.1) is 5.69 Å². The molecule has 0 heterocycles. The monoisotopic (exact) mass is 377 g/mol. The first-order valence-corrected chi connectivity index (χ1v) is 7.90. The fourth-order valence-electron chi connectivity index (χ4n) is 1.97. The van der Waals surface area contributed by atoms with E-state index in [0.29, 0.717) is 0 Å². The van der Waals surface area contributed by atoms with Crippen molar-refractivity contribution >= 4 is 23.6 Å². The Labute approximate surface area is 153 Å². The van der Waals surface area contributed by atoms with Crippen molar-refractivity contribution in [1.82, 2.24) is 10.6 Å². The molecule has 142 valence electrons. The number of hydrogen-bond donors (Lipinski definition) is 3. The smallest absolute Gasteiger partial charge is 0.325 e. The number of halogens is 2. The average Bonchev–Trinajstić information content (AvgIpc) is 2.66. The van der Waals surface area contributed by atoms with Crippen LogP contribution in [0.4, 0.5) is 19.3 Å². The Hall–Kier alpha value is -3.49. The normalized spacial score (nSPS) is 10.0. The summed E-state index contributed by atoms with van der Waals surface area (Å²) in [6.45, 7) is -0.881. The number of carbonyl (C=O) groups is 3. The number of amides is 3. The van der Waals surface area contributed by atoms with Gasteiger partial charge in [-0.05, 0) is 17.7 Å². The first-order chi connectivity index (χ1) is 12.9. The molecule has 7 nitrogen and oxygen atoms in total. The number of urea groups is 1. The van der Waals surface area contributed by atoms with Crippen LogP contribution in [0, 0.1) is 11.6 Å². The maximum atomic E-state index is 13.4. The van der Waals surface area contributed by atoms with Gasteiger partial charge in [0.2, 0.25) is 0 Å². The quantitative estimate of drug-likeness (QED) is 0.643. The Morgan fingerprint density at radius 1 is 0.963 bits per heavy atom. The third kappa shape index (κ3) is 7.10. The Bertz CT molecular complexity index is 816. The van der Waals surface area contributed by atoms with Gasteiger partial charge in [-0.25, -0.2) is 13.6 Å². The van der Waals surface area contributed by atoms with Crippen molar-refractivity contribution in [3.05, 3.63) is 65.7 Å². The van der Waals surface area contributed by atoms with Gasteiger partial charge in [0.1, 0.15) is 18.2 Å². The molecule has 2 rings (SSSR count). The molecule has 0 bridgehead atoms. The highest BCUT2D eigenvalue weighted by Gasteiger charge is 2.12. The summed E-state index contributed by atoms with van der Waals surface area (Å²) in [5, 5.41) is 6.90. The number of carbonyl (C=O) groups excluding carboxylic acids is 3. The van der Waals surface area contributed by atoms with Crippen LogP contribution in [-0.2, 0) is 20.9 Å². The summed E-state index contributed by atoms with van der Waals surface area (Å²) < 4.78 is 31.0. The molecule has 0 radical (unpaired) electrons. The van der Waals surface area contributed by atoms with Gasteiger partial charge in [-0.1, -0.05) is 30.3 Å². The largest absolute Gasteiger partial charge is 0.454 e. The molecule has 2 aromatic rings. The van der Waals surface area contributed by atoms with Gasteiger partial charge in [0, 0.05) is 12.6 Å². The van der Waals surface area contributed by atoms with Gasteiger partial charge in [-0.2, -0.15) is 0 Å². The predicted molar refractivity (Wildman–Crippen MR) is 92.6 cm³/mol. The second-order valence-corrected chi connectivity index (χ2v) is 5.35. The molecular formula is C18H17F2N3O4. The highest BCUT2D eigenvalue weighted by Crippen LogP contribution is 2.14. The van der Waals surface area contributed by atoms with Gasteiger partial charge in [0.15, 0.2) is 6.61 Å². The zero-order chi connectivity index (χ0) is 19.6. The molecule has 0 fully saturated rings. The highest BCUT2D eigenvalue weighted by atomic mass is 19.1. The number of hydrogen-bond acceptors (Lipinski definition) is 4. The minimum Gasteiger partial charge on any atom is -0.454 e. The zero-order valence-corrected chi connectivity index (χ0v) is 14.1. The summed E-state index contributed by atoms with van der Waals surface area (Å²) in [7, 11) is 0. The van der Waals surface area contributed by atoms with Gasteiger partial charge in [-0.15, -0.1) is 0 Å². The van der Waals surface area contributed by atoms with Crippen LogP contribution in [0.3, 0.4) is 0 Å². The molecule has 2 aromatic carbocycles. The number of rotatable bonds is 7. The van der Waals surface area contributed by atoms with Crippen LogP contribution in [0.25, 0.3) is 0 Å². The van der Waals surface area contributed by atoms with Crippen molar-refractivity contribution in [2.24, 2.45) is 0 Å². The standard InChI is InChI=1S/C18H17F2N3O4/c19-13-6-7-14(20)15(8-13)23-16(24)11-27-17(25)10-22-18(26)21-9-12-4-2-1-3-5-12/h1-8H,9-11H2,(H,23,24)(H2,21,22,26). The molecule has 0 spiro atoms. The molecule has 3 amide bonds. The first-order valence-electron chi connectivity index (χ1n) is 7.90. The fraction of sp³-hybridized carbons (Fsp3) is 0.167. The van der Waals surface area contributed by atoms with Crippen molar-refractivity contribution in [3.63, 3.8) is 0 Å². The summed E-state index contributed by atoms with van der Waals surface area (Å²) in [5.41, 5.74) is 0.519. The van der Waals surface area contributed by atoms with E-state index in [9.17, 15) is 23.2 Å². The van der Waals surface area contributed by atoms with Gasteiger partial charge >= 0.3 is 12.0 Å². The summed E-state index contributed by atoms with van der Waals surface area (Å²) in [4.78, 5) is 34.7. The Morgan fingerprint density at radius 3 is 2.44 bits per heavy atom. The number of nitrogens with one attached hydrogen (secondary N) is 3. The molecule has 9 heteroatoms.